The maximum absolute atomic E-state index is 12.4. The van der Waals surface area contributed by atoms with Crippen molar-refractivity contribution in [1.29, 1.82) is 0 Å². The minimum Gasteiger partial charge on any atom is -0.465 e. The number of rotatable bonds is 3. The molecule has 2 amide bonds. The van der Waals surface area contributed by atoms with Gasteiger partial charge in [0.1, 0.15) is 5.75 Å². The highest BCUT2D eigenvalue weighted by atomic mass is 16.5. The molecule has 1 aliphatic heterocycles. The SMILES string of the molecule is Cc1ccc2c(c1)NC(=O)C(C)(C(=O)NNc1ccccc1)O2. The van der Waals surface area contributed by atoms with Gasteiger partial charge in [0.15, 0.2) is 0 Å². The number of hydrogen-bond donors (Lipinski definition) is 3. The molecule has 0 radical (unpaired) electrons. The Morgan fingerprint density at radius 1 is 1.17 bits per heavy atom. The van der Waals surface area contributed by atoms with E-state index in [4.69, 9.17) is 4.74 Å². The second-order valence-electron chi connectivity index (χ2n) is 5.53. The van der Waals surface area contributed by atoms with Crippen molar-refractivity contribution in [3.8, 4) is 5.75 Å². The van der Waals surface area contributed by atoms with Crippen molar-refractivity contribution >= 4 is 23.2 Å². The van der Waals surface area contributed by atoms with Crippen molar-refractivity contribution < 1.29 is 14.3 Å². The molecule has 0 aromatic heterocycles. The van der Waals surface area contributed by atoms with Gasteiger partial charge in [0.25, 0.3) is 17.4 Å². The van der Waals surface area contributed by atoms with Gasteiger partial charge >= 0.3 is 0 Å². The summed E-state index contributed by atoms with van der Waals surface area (Å²) in [5.41, 5.74) is 5.88. The lowest BCUT2D eigenvalue weighted by atomic mass is 10.0. The van der Waals surface area contributed by atoms with Gasteiger partial charge in [-0.2, -0.15) is 0 Å². The summed E-state index contributed by atoms with van der Waals surface area (Å²) in [6.45, 7) is 3.35. The molecule has 0 bridgehead atoms. The number of benzene rings is 2. The molecule has 1 unspecified atom stereocenters. The molecule has 3 N–H and O–H groups in total. The van der Waals surface area contributed by atoms with Gasteiger partial charge in [-0.05, 0) is 43.7 Å². The number of nitrogens with one attached hydrogen (secondary N) is 3. The zero-order chi connectivity index (χ0) is 16.4. The predicted molar refractivity (Wildman–Crippen MR) is 87.0 cm³/mol. The summed E-state index contributed by atoms with van der Waals surface area (Å²) in [5.74, 6) is -0.624. The van der Waals surface area contributed by atoms with Crippen LogP contribution in [0.2, 0.25) is 0 Å². The molecular formula is C17H17N3O3. The van der Waals surface area contributed by atoms with Crippen molar-refractivity contribution in [2.75, 3.05) is 10.7 Å². The molecule has 0 saturated carbocycles. The molecule has 2 aromatic carbocycles. The zero-order valence-electron chi connectivity index (χ0n) is 12.8. The van der Waals surface area contributed by atoms with Gasteiger partial charge in [-0.1, -0.05) is 24.3 Å². The van der Waals surface area contributed by atoms with E-state index >= 15 is 0 Å². The molecule has 2 aromatic rings. The third kappa shape index (κ3) is 2.83. The summed E-state index contributed by atoms with van der Waals surface area (Å²) in [6, 6.07) is 14.5. The normalized spacial score (nSPS) is 19.1. The van der Waals surface area contributed by atoms with Crippen LogP contribution in [-0.2, 0) is 9.59 Å². The van der Waals surface area contributed by atoms with Crippen LogP contribution in [0.4, 0.5) is 11.4 Å². The lowest BCUT2D eigenvalue weighted by Gasteiger charge is -2.33. The zero-order valence-corrected chi connectivity index (χ0v) is 12.8. The number of para-hydroxylation sites is 1. The molecule has 0 spiro atoms. The van der Waals surface area contributed by atoms with Gasteiger partial charge in [-0.25, -0.2) is 0 Å². The number of hydrogen-bond acceptors (Lipinski definition) is 4. The molecular weight excluding hydrogens is 294 g/mol. The minimum atomic E-state index is -1.65. The fraction of sp³-hybridized carbons (Fsp3) is 0.176. The number of anilines is 2. The van der Waals surface area contributed by atoms with Crippen LogP contribution in [0.25, 0.3) is 0 Å². The Morgan fingerprint density at radius 3 is 2.65 bits per heavy atom. The van der Waals surface area contributed by atoms with Crippen LogP contribution in [0.15, 0.2) is 48.5 Å². The Hall–Kier alpha value is -3.02. The van der Waals surface area contributed by atoms with Crippen LogP contribution >= 0.6 is 0 Å². The highest BCUT2D eigenvalue weighted by Crippen LogP contribution is 2.34. The highest BCUT2D eigenvalue weighted by molar-refractivity contribution is 6.15. The molecule has 0 saturated heterocycles. The summed E-state index contributed by atoms with van der Waals surface area (Å²) in [7, 11) is 0. The number of fused-ring (bicyclic) bond motifs is 1. The van der Waals surface area contributed by atoms with E-state index in [1.165, 1.54) is 6.92 Å². The van der Waals surface area contributed by atoms with Gasteiger partial charge in [-0.3, -0.25) is 20.4 Å². The molecule has 1 heterocycles. The van der Waals surface area contributed by atoms with E-state index < -0.39 is 17.4 Å². The molecule has 3 rings (SSSR count). The van der Waals surface area contributed by atoms with Gasteiger partial charge in [0, 0.05) is 0 Å². The molecule has 0 fully saturated rings. The maximum Gasteiger partial charge on any atom is 0.292 e. The molecule has 1 atom stereocenters. The van der Waals surface area contributed by atoms with Gasteiger partial charge in [0.05, 0.1) is 11.4 Å². The second-order valence-corrected chi connectivity index (χ2v) is 5.53. The van der Waals surface area contributed by atoms with Crippen molar-refractivity contribution in [2.45, 2.75) is 19.4 Å². The second kappa shape index (κ2) is 5.64. The summed E-state index contributed by atoms with van der Waals surface area (Å²) in [4.78, 5) is 24.7. The quantitative estimate of drug-likeness (QED) is 0.600. The summed E-state index contributed by atoms with van der Waals surface area (Å²) in [5, 5.41) is 2.72. The molecule has 6 heteroatoms. The number of carbonyl (C=O) groups excluding carboxylic acids is 2. The number of aryl methyl sites for hydroxylation is 1. The topological polar surface area (TPSA) is 79.5 Å². The number of ether oxygens (including phenoxy) is 1. The highest BCUT2D eigenvalue weighted by Gasteiger charge is 2.47. The Labute approximate surface area is 133 Å². The van der Waals surface area contributed by atoms with E-state index in [9.17, 15) is 9.59 Å². The maximum atomic E-state index is 12.4. The number of hydrazine groups is 1. The standard InChI is InChI=1S/C17H17N3O3/c1-11-8-9-14-13(10-11)18-15(21)17(2,23-14)16(22)20-19-12-6-4-3-5-7-12/h3-10,19H,1-2H3,(H,18,21)(H,20,22). The molecule has 23 heavy (non-hydrogen) atoms. The fourth-order valence-corrected chi connectivity index (χ4v) is 2.26. The summed E-state index contributed by atoms with van der Waals surface area (Å²) < 4.78 is 5.67. The summed E-state index contributed by atoms with van der Waals surface area (Å²) in [6.07, 6.45) is 0. The third-order valence-electron chi connectivity index (χ3n) is 3.66. The Bertz CT molecular complexity index is 761. The van der Waals surface area contributed by atoms with Gasteiger partial charge < -0.3 is 10.1 Å². The first-order valence-electron chi connectivity index (χ1n) is 7.22. The molecule has 1 aliphatic rings. The Morgan fingerprint density at radius 2 is 1.91 bits per heavy atom. The smallest absolute Gasteiger partial charge is 0.292 e. The first kappa shape index (κ1) is 14.9. The van der Waals surface area contributed by atoms with Crippen LogP contribution in [0, 0.1) is 6.92 Å². The van der Waals surface area contributed by atoms with E-state index in [1.54, 1.807) is 24.3 Å². The Kier molecular flexibility index (Phi) is 3.65. The molecule has 6 nitrogen and oxygen atoms in total. The molecule has 118 valence electrons. The minimum absolute atomic E-state index is 0.465. The van der Waals surface area contributed by atoms with Crippen molar-refractivity contribution in [1.82, 2.24) is 5.43 Å². The third-order valence-corrected chi connectivity index (χ3v) is 3.66. The van der Waals surface area contributed by atoms with E-state index in [0.29, 0.717) is 17.1 Å². The van der Waals surface area contributed by atoms with Gasteiger partial charge in [0.2, 0.25) is 0 Å². The first-order valence-corrected chi connectivity index (χ1v) is 7.22. The largest absolute Gasteiger partial charge is 0.465 e. The van der Waals surface area contributed by atoms with Crippen LogP contribution in [0.3, 0.4) is 0 Å². The van der Waals surface area contributed by atoms with Crippen LogP contribution in [0.5, 0.6) is 5.75 Å². The van der Waals surface area contributed by atoms with E-state index in [-0.39, 0.29) is 0 Å². The number of carbonyl (C=O) groups is 2. The lowest BCUT2D eigenvalue weighted by molar-refractivity contribution is -0.146. The predicted octanol–water partition coefficient (Wildman–Crippen LogP) is 2.23. The average Bonchev–Trinajstić information content (AvgIpc) is 2.55. The fourth-order valence-electron chi connectivity index (χ4n) is 2.26. The lowest BCUT2D eigenvalue weighted by Crippen LogP contribution is -2.59. The van der Waals surface area contributed by atoms with Gasteiger partial charge in [-0.15, -0.1) is 0 Å². The average molecular weight is 311 g/mol. The van der Waals surface area contributed by atoms with E-state index in [0.717, 1.165) is 5.56 Å². The Balaban J connectivity index is 1.77. The summed E-state index contributed by atoms with van der Waals surface area (Å²) >= 11 is 0. The first-order chi connectivity index (χ1) is 11.0. The van der Waals surface area contributed by atoms with E-state index in [1.807, 2.05) is 31.2 Å². The van der Waals surface area contributed by atoms with Crippen molar-refractivity contribution in [3.05, 3.63) is 54.1 Å². The number of amides is 2. The van der Waals surface area contributed by atoms with Crippen LogP contribution in [0.1, 0.15) is 12.5 Å². The monoisotopic (exact) mass is 311 g/mol. The van der Waals surface area contributed by atoms with Crippen molar-refractivity contribution in [3.63, 3.8) is 0 Å². The molecule has 0 aliphatic carbocycles. The van der Waals surface area contributed by atoms with Crippen LogP contribution in [-0.4, -0.2) is 17.4 Å². The van der Waals surface area contributed by atoms with Crippen LogP contribution < -0.4 is 20.9 Å². The van der Waals surface area contributed by atoms with Crippen molar-refractivity contribution in [2.24, 2.45) is 0 Å². The van der Waals surface area contributed by atoms with E-state index in [2.05, 4.69) is 16.2 Å².